The number of anilines is 1. The third-order valence-electron chi connectivity index (χ3n) is 3.52. The van der Waals surface area contributed by atoms with E-state index in [1.165, 1.54) is 23.5 Å². The van der Waals surface area contributed by atoms with Gasteiger partial charge in [-0.1, -0.05) is 11.3 Å². The van der Waals surface area contributed by atoms with Crippen molar-refractivity contribution >= 4 is 55.6 Å². The van der Waals surface area contributed by atoms with Crippen molar-refractivity contribution in [3.63, 3.8) is 0 Å². The van der Waals surface area contributed by atoms with Crippen LogP contribution in [0.2, 0.25) is 0 Å². The lowest BCUT2D eigenvalue weighted by Crippen LogP contribution is -2.34. The summed E-state index contributed by atoms with van der Waals surface area (Å²) in [7, 11) is 0. The Kier molecular flexibility index (Phi) is 5.81. The second-order valence-corrected chi connectivity index (χ2v) is 7.47. The lowest BCUT2D eigenvalue weighted by Gasteiger charge is -2.10. The predicted octanol–water partition coefficient (Wildman–Crippen LogP) is 4.12. The van der Waals surface area contributed by atoms with Gasteiger partial charge in [0.1, 0.15) is 5.75 Å². The second-order valence-electron chi connectivity index (χ2n) is 6.03. The van der Waals surface area contributed by atoms with Crippen LogP contribution in [0.5, 0.6) is 5.75 Å². The van der Waals surface area contributed by atoms with Crippen molar-refractivity contribution in [2.45, 2.75) is 20.0 Å². The normalized spacial score (nSPS) is 10.7. The average molecular weight is 416 g/mol. The fourth-order valence-corrected chi connectivity index (χ4v) is 3.50. The second kappa shape index (κ2) is 8.28. The zero-order valence-electron chi connectivity index (χ0n) is 15.0. The van der Waals surface area contributed by atoms with E-state index in [-0.39, 0.29) is 22.8 Å². The van der Waals surface area contributed by atoms with Crippen LogP contribution in [-0.2, 0) is 0 Å². The number of amides is 1. The maximum Gasteiger partial charge on any atom is 0.270 e. The van der Waals surface area contributed by atoms with Gasteiger partial charge in [-0.25, -0.2) is 4.98 Å². The fourth-order valence-electron chi connectivity index (χ4n) is 2.34. The Hall–Kier alpha value is -3.11. The van der Waals surface area contributed by atoms with Crippen molar-refractivity contribution in [3.05, 3.63) is 58.1 Å². The fraction of sp³-hybridized carbons (Fsp3) is 0.167. The topological polar surface area (TPSA) is 106 Å². The minimum Gasteiger partial charge on any atom is -0.491 e. The molecular formula is C18H16N4O4S2. The number of nitrogens with one attached hydrogen (secondary N) is 2. The third-order valence-corrected chi connectivity index (χ3v) is 4.66. The maximum absolute atomic E-state index is 12.3. The number of non-ortho nitro benzene ring substituents is 1. The molecule has 144 valence electrons. The number of thiocarbonyl (C=S) groups is 1. The first-order valence-electron chi connectivity index (χ1n) is 8.26. The van der Waals surface area contributed by atoms with Gasteiger partial charge < -0.3 is 10.1 Å². The van der Waals surface area contributed by atoms with Crippen molar-refractivity contribution in [1.82, 2.24) is 10.3 Å². The summed E-state index contributed by atoms with van der Waals surface area (Å²) >= 11 is 6.36. The molecule has 0 saturated heterocycles. The zero-order valence-corrected chi connectivity index (χ0v) is 16.6. The van der Waals surface area contributed by atoms with Crippen molar-refractivity contribution < 1.29 is 14.5 Å². The van der Waals surface area contributed by atoms with Crippen LogP contribution in [0.3, 0.4) is 0 Å². The standard InChI is InChI=1S/C18H16N4O4S2/c1-10(2)26-13-6-3-11(4-7-13)16(23)20-17(27)21-18-19-14-8-5-12(22(24)25)9-15(14)28-18/h3-10H,1-2H3,(H2,19,20,21,23,27). The van der Waals surface area contributed by atoms with Gasteiger partial charge in [-0.05, 0) is 56.4 Å². The predicted molar refractivity (Wildman–Crippen MR) is 112 cm³/mol. The molecule has 0 fully saturated rings. The third kappa shape index (κ3) is 4.78. The quantitative estimate of drug-likeness (QED) is 0.366. The van der Waals surface area contributed by atoms with Crippen LogP contribution in [-0.4, -0.2) is 27.0 Å². The molecule has 1 heterocycles. The number of hydrogen-bond donors (Lipinski definition) is 2. The molecule has 0 aliphatic carbocycles. The highest BCUT2D eigenvalue weighted by atomic mass is 32.1. The Morgan fingerprint density at radius 2 is 1.96 bits per heavy atom. The van der Waals surface area contributed by atoms with E-state index in [2.05, 4.69) is 15.6 Å². The molecule has 3 aromatic rings. The van der Waals surface area contributed by atoms with Crippen molar-refractivity contribution in [2.24, 2.45) is 0 Å². The van der Waals surface area contributed by atoms with E-state index in [1.807, 2.05) is 13.8 Å². The van der Waals surface area contributed by atoms with Crippen LogP contribution in [0.1, 0.15) is 24.2 Å². The van der Waals surface area contributed by atoms with Crippen LogP contribution in [0.15, 0.2) is 42.5 Å². The number of nitro benzene ring substituents is 1. The molecule has 0 aliphatic heterocycles. The number of carbonyl (C=O) groups excluding carboxylic acids is 1. The number of benzene rings is 2. The molecular weight excluding hydrogens is 400 g/mol. The molecule has 28 heavy (non-hydrogen) atoms. The average Bonchev–Trinajstić information content (AvgIpc) is 3.02. The number of rotatable bonds is 5. The van der Waals surface area contributed by atoms with E-state index in [0.717, 1.165) is 0 Å². The van der Waals surface area contributed by atoms with E-state index >= 15 is 0 Å². The van der Waals surface area contributed by atoms with E-state index in [1.54, 1.807) is 30.3 Å². The molecule has 1 amide bonds. The van der Waals surface area contributed by atoms with E-state index in [9.17, 15) is 14.9 Å². The van der Waals surface area contributed by atoms with E-state index < -0.39 is 4.92 Å². The number of fused-ring (bicyclic) bond motifs is 1. The van der Waals surface area contributed by atoms with E-state index in [0.29, 0.717) is 26.7 Å². The lowest BCUT2D eigenvalue weighted by atomic mass is 10.2. The summed E-state index contributed by atoms with van der Waals surface area (Å²) in [5, 5.41) is 16.8. The molecule has 2 N–H and O–H groups in total. The van der Waals surface area contributed by atoms with Crippen LogP contribution in [0, 0.1) is 10.1 Å². The summed E-state index contributed by atoms with van der Waals surface area (Å²) in [5.74, 6) is 0.307. The summed E-state index contributed by atoms with van der Waals surface area (Å²) in [5.41, 5.74) is 1.02. The van der Waals surface area contributed by atoms with Crippen molar-refractivity contribution in [3.8, 4) is 5.75 Å². The molecule has 8 nitrogen and oxygen atoms in total. The Balaban J connectivity index is 1.64. The lowest BCUT2D eigenvalue weighted by molar-refractivity contribution is -0.384. The summed E-state index contributed by atoms with van der Waals surface area (Å²) in [6.45, 7) is 3.84. The summed E-state index contributed by atoms with van der Waals surface area (Å²) in [4.78, 5) is 27.0. The number of thiazole rings is 1. The summed E-state index contributed by atoms with van der Waals surface area (Å²) in [6.07, 6.45) is 0.0479. The maximum atomic E-state index is 12.3. The molecule has 0 bridgehead atoms. The first-order chi connectivity index (χ1) is 13.3. The summed E-state index contributed by atoms with van der Waals surface area (Å²) in [6, 6.07) is 11.1. The highest BCUT2D eigenvalue weighted by Crippen LogP contribution is 2.29. The molecule has 10 heteroatoms. The smallest absolute Gasteiger partial charge is 0.270 e. The zero-order chi connectivity index (χ0) is 20.3. The van der Waals surface area contributed by atoms with Gasteiger partial charge in [-0.15, -0.1) is 0 Å². The van der Waals surface area contributed by atoms with Gasteiger partial charge >= 0.3 is 0 Å². The molecule has 3 rings (SSSR count). The molecule has 2 aromatic carbocycles. The SMILES string of the molecule is CC(C)Oc1ccc(C(=O)NC(=S)Nc2nc3ccc([N+](=O)[O-])cc3s2)cc1. The molecule has 0 aliphatic rings. The van der Waals surface area contributed by atoms with Crippen molar-refractivity contribution in [2.75, 3.05) is 5.32 Å². The van der Waals surface area contributed by atoms with Crippen LogP contribution in [0.4, 0.5) is 10.8 Å². The molecule has 0 spiro atoms. The first-order valence-corrected chi connectivity index (χ1v) is 9.48. The van der Waals surface area contributed by atoms with Gasteiger partial charge in [0.2, 0.25) is 0 Å². The van der Waals surface area contributed by atoms with Gasteiger partial charge in [0.25, 0.3) is 11.6 Å². The molecule has 0 atom stereocenters. The van der Waals surface area contributed by atoms with Crippen molar-refractivity contribution in [1.29, 1.82) is 0 Å². The number of aromatic nitrogens is 1. The number of ether oxygens (including phenoxy) is 1. The largest absolute Gasteiger partial charge is 0.491 e. The molecule has 1 aromatic heterocycles. The Labute approximate surface area is 169 Å². The highest BCUT2D eigenvalue weighted by molar-refractivity contribution is 7.80. The number of nitrogens with zero attached hydrogens (tertiary/aromatic N) is 2. The van der Waals surface area contributed by atoms with Gasteiger partial charge in [-0.2, -0.15) is 0 Å². The molecule has 0 saturated carbocycles. The number of hydrogen-bond acceptors (Lipinski definition) is 7. The minimum atomic E-state index is -0.464. The van der Waals surface area contributed by atoms with E-state index in [4.69, 9.17) is 17.0 Å². The Morgan fingerprint density at radius 3 is 2.61 bits per heavy atom. The van der Waals surface area contributed by atoms with Crippen LogP contribution in [0.25, 0.3) is 10.2 Å². The molecule has 0 unspecified atom stereocenters. The number of nitro groups is 1. The highest BCUT2D eigenvalue weighted by Gasteiger charge is 2.13. The molecule has 0 radical (unpaired) electrons. The Bertz CT molecular complexity index is 1050. The van der Waals surface area contributed by atoms with Gasteiger partial charge in [-0.3, -0.25) is 20.2 Å². The van der Waals surface area contributed by atoms with Crippen LogP contribution >= 0.6 is 23.6 Å². The number of carbonyl (C=O) groups is 1. The van der Waals surface area contributed by atoms with Gasteiger partial charge in [0.15, 0.2) is 10.2 Å². The van der Waals surface area contributed by atoms with Gasteiger partial charge in [0, 0.05) is 17.7 Å². The minimum absolute atomic E-state index is 0.0107. The van der Waals surface area contributed by atoms with Gasteiger partial charge in [0.05, 0.1) is 21.2 Å². The Morgan fingerprint density at radius 1 is 1.25 bits per heavy atom. The monoisotopic (exact) mass is 416 g/mol. The first kappa shape index (κ1) is 19.6. The summed E-state index contributed by atoms with van der Waals surface area (Å²) < 4.78 is 6.19. The van der Waals surface area contributed by atoms with Crippen LogP contribution < -0.4 is 15.4 Å².